The van der Waals surface area contributed by atoms with Crippen LogP contribution in [0.15, 0.2) is 18.2 Å². The minimum absolute atomic E-state index is 0.0157. The standard InChI is InChI=1S/C32H46F2O6/c1-17-26(35)28(38-4)27(36)29(39-17)40-20-9-12-30(2)19(16-20)6-7-23-22(30)10-13-31(3)21(11-14-32(23,31)37)18-5-8-24(33)25(34)15-18/h5,8,15,17,19-23,26-29,35-37H,6-7,9-14,16H2,1-4H3/t17-,19?,20?,21?,22-,23-,26-,27-,28+,29+,30+,31-,32-/m1/s1. The predicted octanol–water partition coefficient (Wildman–Crippen LogP) is 5.07. The largest absolute Gasteiger partial charge is 0.389 e. The van der Waals surface area contributed by atoms with Gasteiger partial charge in [0.2, 0.25) is 0 Å². The zero-order valence-electron chi connectivity index (χ0n) is 24.2. The molecule has 0 bridgehead atoms. The Morgan fingerprint density at radius 3 is 2.42 bits per heavy atom. The van der Waals surface area contributed by atoms with Gasteiger partial charge in [-0.1, -0.05) is 19.9 Å². The number of rotatable bonds is 4. The zero-order valence-corrected chi connectivity index (χ0v) is 24.2. The molecule has 0 aromatic heterocycles. The van der Waals surface area contributed by atoms with E-state index in [-0.39, 0.29) is 28.8 Å². The summed E-state index contributed by atoms with van der Waals surface area (Å²) in [7, 11) is 1.48. The molecule has 6 rings (SSSR count). The van der Waals surface area contributed by atoms with Crippen molar-refractivity contribution in [3.63, 3.8) is 0 Å². The van der Waals surface area contributed by atoms with E-state index in [1.54, 1.807) is 13.0 Å². The number of aliphatic hydroxyl groups excluding tert-OH is 2. The first-order chi connectivity index (χ1) is 18.9. The van der Waals surface area contributed by atoms with Gasteiger partial charge in [-0.25, -0.2) is 8.78 Å². The number of halogens is 2. The third-order valence-corrected chi connectivity index (χ3v) is 12.5. The number of aliphatic hydroxyl groups is 3. The summed E-state index contributed by atoms with van der Waals surface area (Å²) in [6, 6.07) is 4.26. The molecule has 6 nitrogen and oxygen atoms in total. The Kier molecular flexibility index (Phi) is 7.40. The van der Waals surface area contributed by atoms with Crippen molar-refractivity contribution in [3.05, 3.63) is 35.4 Å². The molecular weight excluding hydrogens is 518 g/mol. The second kappa shape index (κ2) is 10.2. The van der Waals surface area contributed by atoms with Gasteiger partial charge in [0.15, 0.2) is 17.9 Å². The minimum Gasteiger partial charge on any atom is -0.389 e. The Morgan fingerprint density at radius 2 is 1.70 bits per heavy atom. The van der Waals surface area contributed by atoms with Gasteiger partial charge in [-0.2, -0.15) is 0 Å². The molecule has 0 spiro atoms. The van der Waals surface area contributed by atoms with Crippen molar-refractivity contribution < 1.29 is 38.3 Å². The van der Waals surface area contributed by atoms with Gasteiger partial charge in [-0.3, -0.25) is 0 Å². The monoisotopic (exact) mass is 564 g/mol. The van der Waals surface area contributed by atoms with Crippen LogP contribution in [0, 0.1) is 40.2 Å². The van der Waals surface area contributed by atoms with Crippen molar-refractivity contribution >= 4 is 0 Å². The highest BCUT2D eigenvalue weighted by Crippen LogP contribution is 2.70. The van der Waals surface area contributed by atoms with Gasteiger partial charge in [0.25, 0.3) is 0 Å². The average molecular weight is 565 g/mol. The van der Waals surface area contributed by atoms with Gasteiger partial charge in [0, 0.05) is 12.5 Å². The topological polar surface area (TPSA) is 88.4 Å². The number of hydrogen-bond acceptors (Lipinski definition) is 6. The third-order valence-electron chi connectivity index (χ3n) is 12.5. The SMILES string of the molecule is CO[C@@H]1[C@@H](O)[C@H](OC2CC[C@@]3(C)C(CC[C@@H]4[C@H]3CC[C@]3(C)C(c5ccc(F)c(F)c5)CC[C@@]43O)C2)O[C@H](C)[C@H]1O. The van der Waals surface area contributed by atoms with Crippen molar-refractivity contribution in [2.75, 3.05) is 7.11 Å². The van der Waals surface area contributed by atoms with E-state index in [1.165, 1.54) is 19.2 Å². The van der Waals surface area contributed by atoms with Crippen LogP contribution in [0.2, 0.25) is 0 Å². The van der Waals surface area contributed by atoms with Gasteiger partial charge in [-0.15, -0.1) is 0 Å². The fourth-order valence-corrected chi connectivity index (χ4v) is 10.2. The molecule has 1 aliphatic heterocycles. The van der Waals surface area contributed by atoms with E-state index in [0.29, 0.717) is 18.3 Å². The van der Waals surface area contributed by atoms with Crippen molar-refractivity contribution in [2.24, 2.45) is 28.6 Å². The highest BCUT2D eigenvalue weighted by Gasteiger charge is 2.67. The maximum Gasteiger partial charge on any atom is 0.186 e. The molecule has 0 radical (unpaired) electrons. The molecule has 4 saturated carbocycles. The molecule has 1 aromatic carbocycles. The molecule has 224 valence electrons. The normalized spacial score (nSPS) is 50.6. The second-order valence-electron chi connectivity index (χ2n) is 14.1. The number of fused-ring (bicyclic) bond motifs is 5. The number of hydrogen-bond donors (Lipinski definition) is 3. The quantitative estimate of drug-likeness (QED) is 0.443. The summed E-state index contributed by atoms with van der Waals surface area (Å²) in [4.78, 5) is 0. The average Bonchev–Trinajstić information content (AvgIpc) is 3.20. The molecule has 1 heterocycles. The first-order valence-electron chi connectivity index (χ1n) is 15.3. The Bertz CT molecular complexity index is 1100. The van der Waals surface area contributed by atoms with E-state index in [0.717, 1.165) is 56.9 Å². The Balaban J connectivity index is 1.17. The van der Waals surface area contributed by atoms with Gasteiger partial charge in [0.1, 0.15) is 18.3 Å². The summed E-state index contributed by atoms with van der Waals surface area (Å²) in [5.41, 5.74) is -0.295. The van der Waals surface area contributed by atoms with Crippen LogP contribution in [0.1, 0.15) is 90.0 Å². The zero-order chi connectivity index (χ0) is 28.6. The molecule has 3 unspecified atom stereocenters. The van der Waals surface area contributed by atoms with Crippen molar-refractivity contribution in [2.45, 2.75) is 127 Å². The van der Waals surface area contributed by atoms with Crippen LogP contribution in [0.25, 0.3) is 0 Å². The van der Waals surface area contributed by atoms with Crippen LogP contribution >= 0.6 is 0 Å². The predicted molar refractivity (Wildman–Crippen MR) is 144 cm³/mol. The Labute approximate surface area is 236 Å². The Hall–Kier alpha value is -1.16. The smallest absolute Gasteiger partial charge is 0.186 e. The third kappa shape index (κ3) is 4.22. The van der Waals surface area contributed by atoms with E-state index in [9.17, 15) is 24.1 Å². The first kappa shape index (κ1) is 28.9. The molecule has 5 aliphatic rings. The molecular formula is C32H46F2O6. The number of methoxy groups -OCH3 is 1. The van der Waals surface area contributed by atoms with Crippen LogP contribution in [0.3, 0.4) is 0 Å². The van der Waals surface area contributed by atoms with E-state index in [2.05, 4.69) is 13.8 Å². The van der Waals surface area contributed by atoms with E-state index >= 15 is 0 Å². The maximum atomic E-state index is 14.2. The number of benzene rings is 1. The molecule has 3 N–H and O–H groups in total. The van der Waals surface area contributed by atoms with Crippen LogP contribution in [-0.2, 0) is 14.2 Å². The highest BCUT2D eigenvalue weighted by atomic mass is 19.2. The van der Waals surface area contributed by atoms with Crippen LogP contribution in [0.5, 0.6) is 0 Å². The lowest BCUT2D eigenvalue weighted by molar-refractivity contribution is -0.313. The lowest BCUT2D eigenvalue weighted by atomic mass is 9.43. The van der Waals surface area contributed by atoms with E-state index in [1.807, 2.05) is 0 Å². The molecule has 40 heavy (non-hydrogen) atoms. The van der Waals surface area contributed by atoms with Gasteiger partial charge < -0.3 is 29.5 Å². The van der Waals surface area contributed by atoms with Crippen LogP contribution < -0.4 is 0 Å². The van der Waals surface area contributed by atoms with E-state index in [4.69, 9.17) is 14.2 Å². The molecule has 1 aromatic rings. The summed E-state index contributed by atoms with van der Waals surface area (Å²) >= 11 is 0. The fraction of sp³-hybridized carbons (Fsp3) is 0.812. The molecule has 4 aliphatic carbocycles. The highest BCUT2D eigenvalue weighted by molar-refractivity contribution is 5.30. The minimum atomic E-state index is -1.06. The van der Waals surface area contributed by atoms with Gasteiger partial charge in [-0.05, 0) is 111 Å². The first-order valence-corrected chi connectivity index (χ1v) is 15.3. The fourth-order valence-electron chi connectivity index (χ4n) is 10.2. The number of ether oxygens (including phenoxy) is 3. The lowest BCUT2D eigenvalue weighted by Gasteiger charge is -2.64. The van der Waals surface area contributed by atoms with Crippen molar-refractivity contribution in [1.82, 2.24) is 0 Å². The van der Waals surface area contributed by atoms with Crippen molar-refractivity contribution in [3.8, 4) is 0 Å². The lowest BCUT2D eigenvalue weighted by Crippen LogP contribution is -2.62. The summed E-state index contributed by atoms with van der Waals surface area (Å²) in [5.74, 6) is -0.585. The summed E-state index contributed by atoms with van der Waals surface area (Å²) in [5, 5.41) is 33.5. The summed E-state index contributed by atoms with van der Waals surface area (Å²) < 4.78 is 45.4. The molecule has 13 atom stereocenters. The van der Waals surface area contributed by atoms with Crippen LogP contribution in [0.4, 0.5) is 8.78 Å². The molecule has 0 amide bonds. The molecule has 1 saturated heterocycles. The maximum absolute atomic E-state index is 14.2. The molecule has 5 fully saturated rings. The second-order valence-corrected chi connectivity index (χ2v) is 14.1. The van der Waals surface area contributed by atoms with Gasteiger partial charge in [0.05, 0.1) is 17.8 Å². The van der Waals surface area contributed by atoms with Crippen molar-refractivity contribution in [1.29, 1.82) is 0 Å². The van der Waals surface area contributed by atoms with Gasteiger partial charge >= 0.3 is 0 Å². The summed E-state index contributed by atoms with van der Waals surface area (Å²) in [6.45, 7) is 6.35. The Morgan fingerprint density at radius 1 is 0.925 bits per heavy atom. The molecule has 8 heteroatoms. The summed E-state index contributed by atoms with van der Waals surface area (Å²) in [6.07, 6.45) is 3.96. The van der Waals surface area contributed by atoms with Crippen LogP contribution in [-0.4, -0.2) is 64.8 Å². The van der Waals surface area contributed by atoms with E-state index < -0.39 is 47.9 Å².